The Morgan fingerprint density at radius 1 is 1.00 bits per heavy atom. The van der Waals surface area contributed by atoms with E-state index in [2.05, 4.69) is 4.99 Å². The van der Waals surface area contributed by atoms with E-state index in [1.54, 1.807) is 32.3 Å². The maximum atomic E-state index is 13.0. The van der Waals surface area contributed by atoms with Crippen LogP contribution < -0.4 is 14.2 Å². The summed E-state index contributed by atoms with van der Waals surface area (Å²) in [5.41, 5.74) is 2.35. The number of piperazine rings is 1. The molecule has 2 amide bonds. The Balaban J connectivity index is 1.39. The fourth-order valence-corrected chi connectivity index (χ4v) is 4.11. The molecule has 35 heavy (non-hydrogen) atoms. The van der Waals surface area contributed by atoms with Gasteiger partial charge in [0.15, 0.2) is 11.5 Å². The van der Waals surface area contributed by atoms with Crippen LogP contribution in [-0.4, -0.2) is 75.1 Å². The predicted octanol–water partition coefficient (Wildman–Crippen LogP) is 2.91. The second kappa shape index (κ2) is 10.5. The van der Waals surface area contributed by atoms with Gasteiger partial charge < -0.3 is 28.7 Å². The summed E-state index contributed by atoms with van der Waals surface area (Å²) in [5.74, 6) is 1.14. The SMILES string of the molecule is COc1cc(/C(C)=C/C(=O)N2CCN(C3=NC(=O)C(c4ccccc4)O3)CC2)cc(OC)c1OC. The van der Waals surface area contributed by atoms with Crippen molar-refractivity contribution < 1.29 is 28.5 Å². The maximum Gasteiger partial charge on any atom is 0.296 e. The van der Waals surface area contributed by atoms with E-state index >= 15 is 0 Å². The lowest BCUT2D eigenvalue weighted by molar-refractivity contribution is -0.127. The van der Waals surface area contributed by atoms with Crippen LogP contribution in [-0.2, 0) is 14.3 Å². The van der Waals surface area contributed by atoms with Gasteiger partial charge in [-0.1, -0.05) is 30.3 Å². The van der Waals surface area contributed by atoms with Gasteiger partial charge in [0.1, 0.15) is 0 Å². The highest BCUT2D eigenvalue weighted by Gasteiger charge is 2.34. The van der Waals surface area contributed by atoms with Crippen molar-refractivity contribution in [3.63, 3.8) is 0 Å². The summed E-state index contributed by atoms with van der Waals surface area (Å²) in [6.45, 7) is 3.90. The molecule has 2 aliphatic heterocycles. The van der Waals surface area contributed by atoms with Crippen LogP contribution in [0.2, 0.25) is 0 Å². The number of carbonyl (C=O) groups excluding carboxylic acids is 2. The third-order valence-electron chi connectivity index (χ3n) is 6.08. The van der Waals surface area contributed by atoms with E-state index in [0.717, 1.165) is 16.7 Å². The highest BCUT2D eigenvalue weighted by atomic mass is 16.5. The fraction of sp³-hybridized carbons (Fsp3) is 0.346. The number of hydrogen-bond donors (Lipinski definition) is 0. The number of amides is 2. The first-order chi connectivity index (χ1) is 16.9. The Hall–Kier alpha value is -4.01. The van der Waals surface area contributed by atoms with Crippen molar-refractivity contribution >= 4 is 23.4 Å². The number of ether oxygens (including phenoxy) is 4. The van der Waals surface area contributed by atoms with E-state index < -0.39 is 6.10 Å². The number of aliphatic imine (C=N–C) groups is 1. The summed E-state index contributed by atoms with van der Waals surface area (Å²) >= 11 is 0. The minimum absolute atomic E-state index is 0.0941. The van der Waals surface area contributed by atoms with Gasteiger partial charge >= 0.3 is 0 Å². The van der Waals surface area contributed by atoms with Gasteiger partial charge in [0.05, 0.1) is 21.3 Å². The lowest BCUT2D eigenvalue weighted by Crippen LogP contribution is -2.50. The van der Waals surface area contributed by atoms with E-state index in [0.29, 0.717) is 49.4 Å². The molecule has 0 saturated carbocycles. The molecular formula is C26H29N3O6. The number of amidine groups is 1. The van der Waals surface area contributed by atoms with Crippen molar-refractivity contribution in [2.45, 2.75) is 13.0 Å². The Morgan fingerprint density at radius 3 is 2.20 bits per heavy atom. The normalized spacial score (nSPS) is 18.2. The average Bonchev–Trinajstić information content (AvgIpc) is 3.29. The number of benzene rings is 2. The van der Waals surface area contributed by atoms with Crippen molar-refractivity contribution in [3.05, 3.63) is 59.7 Å². The summed E-state index contributed by atoms with van der Waals surface area (Å²) in [4.78, 5) is 33.1. The first-order valence-electron chi connectivity index (χ1n) is 11.3. The van der Waals surface area contributed by atoms with Crippen molar-refractivity contribution in [2.24, 2.45) is 4.99 Å². The maximum absolute atomic E-state index is 13.0. The van der Waals surface area contributed by atoms with Gasteiger partial charge in [0, 0.05) is 37.8 Å². The molecule has 1 atom stereocenters. The van der Waals surface area contributed by atoms with Crippen LogP contribution in [0.4, 0.5) is 0 Å². The van der Waals surface area contributed by atoms with E-state index in [9.17, 15) is 9.59 Å². The minimum Gasteiger partial charge on any atom is -0.493 e. The van der Waals surface area contributed by atoms with E-state index in [4.69, 9.17) is 18.9 Å². The first kappa shape index (κ1) is 24.1. The van der Waals surface area contributed by atoms with Crippen molar-refractivity contribution in [1.29, 1.82) is 0 Å². The van der Waals surface area contributed by atoms with E-state index in [1.165, 1.54) is 0 Å². The number of hydrogen-bond acceptors (Lipinski definition) is 7. The monoisotopic (exact) mass is 479 g/mol. The van der Waals surface area contributed by atoms with Crippen LogP contribution in [0.1, 0.15) is 24.2 Å². The predicted molar refractivity (Wildman–Crippen MR) is 131 cm³/mol. The highest BCUT2D eigenvalue weighted by Crippen LogP contribution is 2.39. The molecule has 0 radical (unpaired) electrons. The molecule has 0 bridgehead atoms. The molecule has 184 valence electrons. The molecular weight excluding hydrogens is 450 g/mol. The van der Waals surface area contributed by atoms with Crippen molar-refractivity contribution in [1.82, 2.24) is 9.80 Å². The summed E-state index contributed by atoms with van der Waals surface area (Å²) in [5, 5.41) is 0. The zero-order valence-electron chi connectivity index (χ0n) is 20.3. The largest absolute Gasteiger partial charge is 0.493 e. The van der Waals surface area contributed by atoms with Crippen LogP contribution in [0.3, 0.4) is 0 Å². The fourth-order valence-electron chi connectivity index (χ4n) is 4.11. The van der Waals surface area contributed by atoms with Gasteiger partial charge in [-0.25, -0.2) is 0 Å². The molecule has 2 heterocycles. The lowest BCUT2D eigenvalue weighted by atomic mass is 10.1. The topological polar surface area (TPSA) is 89.9 Å². The molecule has 0 aromatic heterocycles. The molecule has 1 unspecified atom stereocenters. The molecule has 2 aromatic carbocycles. The second-order valence-electron chi connectivity index (χ2n) is 8.19. The summed E-state index contributed by atoms with van der Waals surface area (Å²) in [7, 11) is 4.66. The van der Waals surface area contributed by atoms with E-state index in [1.807, 2.05) is 54.3 Å². The molecule has 0 N–H and O–H groups in total. The van der Waals surface area contributed by atoms with Crippen LogP contribution in [0, 0.1) is 0 Å². The van der Waals surface area contributed by atoms with Gasteiger partial charge in [0.2, 0.25) is 17.8 Å². The molecule has 0 spiro atoms. The summed E-state index contributed by atoms with van der Waals surface area (Å²) in [6.07, 6.45) is 0.893. The highest BCUT2D eigenvalue weighted by molar-refractivity contribution is 5.99. The molecule has 0 aliphatic carbocycles. The average molecular weight is 480 g/mol. The summed E-state index contributed by atoms with van der Waals surface area (Å²) < 4.78 is 22.1. The molecule has 4 rings (SSSR count). The number of methoxy groups -OCH3 is 3. The van der Waals surface area contributed by atoms with Crippen molar-refractivity contribution in [2.75, 3.05) is 47.5 Å². The zero-order chi connectivity index (χ0) is 24.9. The minimum atomic E-state index is -0.713. The Kier molecular flexibility index (Phi) is 7.24. The Morgan fingerprint density at radius 2 is 1.63 bits per heavy atom. The lowest BCUT2D eigenvalue weighted by Gasteiger charge is -2.34. The Bertz CT molecular complexity index is 1130. The number of nitrogens with zero attached hydrogens (tertiary/aromatic N) is 3. The van der Waals surface area contributed by atoms with Gasteiger partial charge in [0.25, 0.3) is 11.9 Å². The van der Waals surface area contributed by atoms with E-state index in [-0.39, 0.29) is 11.8 Å². The van der Waals surface area contributed by atoms with Gasteiger partial charge in [-0.3, -0.25) is 9.59 Å². The van der Waals surface area contributed by atoms with Crippen LogP contribution in [0.25, 0.3) is 5.57 Å². The molecule has 1 fully saturated rings. The second-order valence-corrected chi connectivity index (χ2v) is 8.19. The third kappa shape index (κ3) is 5.08. The van der Waals surface area contributed by atoms with Crippen LogP contribution in [0.15, 0.2) is 53.5 Å². The standard InChI is InChI=1S/C26H29N3O6/c1-17(19-15-20(32-2)24(34-4)21(16-19)33-3)14-22(30)28-10-12-29(13-11-28)26-27-25(31)23(35-26)18-8-6-5-7-9-18/h5-9,14-16,23H,10-13H2,1-4H3/b17-14+. The summed E-state index contributed by atoms with van der Waals surface area (Å²) in [6, 6.07) is 13.3. The van der Waals surface area contributed by atoms with Crippen molar-refractivity contribution in [3.8, 4) is 17.2 Å². The molecule has 2 aromatic rings. The van der Waals surface area contributed by atoms with Gasteiger partial charge in [-0.05, 0) is 30.2 Å². The molecule has 9 nitrogen and oxygen atoms in total. The smallest absolute Gasteiger partial charge is 0.296 e. The Labute approximate surface area is 204 Å². The van der Waals surface area contributed by atoms with Crippen LogP contribution >= 0.6 is 0 Å². The molecule has 9 heteroatoms. The number of allylic oxidation sites excluding steroid dienone is 1. The molecule has 1 saturated heterocycles. The zero-order valence-corrected chi connectivity index (χ0v) is 20.3. The van der Waals surface area contributed by atoms with Gasteiger partial charge in [-0.2, -0.15) is 4.99 Å². The van der Waals surface area contributed by atoms with Crippen LogP contribution in [0.5, 0.6) is 17.2 Å². The molecule has 2 aliphatic rings. The first-order valence-corrected chi connectivity index (χ1v) is 11.3. The number of rotatable bonds is 6. The van der Waals surface area contributed by atoms with Gasteiger partial charge in [-0.15, -0.1) is 0 Å². The number of carbonyl (C=O) groups is 2. The third-order valence-corrected chi connectivity index (χ3v) is 6.08. The quantitative estimate of drug-likeness (QED) is 0.589.